The lowest BCUT2D eigenvalue weighted by Crippen LogP contribution is -2.24. The van der Waals surface area contributed by atoms with Crippen LogP contribution in [-0.2, 0) is 0 Å². The van der Waals surface area contributed by atoms with E-state index in [9.17, 15) is 8.78 Å². The fourth-order valence-electron chi connectivity index (χ4n) is 1.53. The molecule has 0 saturated carbocycles. The van der Waals surface area contributed by atoms with Gasteiger partial charge in [0.15, 0.2) is 0 Å². The second-order valence-electron chi connectivity index (χ2n) is 3.47. The van der Waals surface area contributed by atoms with Crippen molar-refractivity contribution in [2.75, 3.05) is 24.2 Å². The number of alkyl halides is 2. The van der Waals surface area contributed by atoms with Crippen LogP contribution in [-0.4, -0.2) is 25.8 Å². The Balaban J connectivity index is 3.07. The molecule has 0 unspecified atom stereocenters. The molecule has 0 amide bonds. The molecule has 0 saturated heterocycles. The number of hydrogen-bond donors (Lipinski definition) is 0. The summed E-state index contributed by atoms with van der Waals surface area (Å²) in [6, 6.07) is 7.42. The fraction of sp³-hybridized carbons (Fsp3) is 0.417. The summed E-state index contributed by atoms with van der Waals surface area (Å²) in [4.78, 5) is 2.26. The van der Waals surface area contributed by atoms with E-state index in [1.807, 2.05) is 13.0 Å². The molecule has 0 fully saturated rings. The summed E-state index contributed by atoms with van der Waals surface area (Å²) in [6.07, 6.45) is -2.41. The largest absolute Gasteiger partial charge is 0.368 e. The predicted octanol–water partition coefficient (Wildman–Crippen LogP) is 3.37. The standard InChI is InChI=1S/C12H14F2N2S/c1-3-17-11-6-4-5-10(9(11)7-15)16(2)8-12(13)14/h4-6,12H,3,8H2,1-2H3. The first-order chi connectivity index (χ1) is 8.10. The minimum Gasteiger partial charge on any atom is -0.368 e. The summed E-state index contributed by atoms with van der Waals surface area (Å²) < 4.78 is 24.7. The molecule has 0 heterocycles. The van der Waals surface area contributed by atoms with Crippen molar-refractivity contribution in [2.45, 2.75) is 18.2 Å². The van der Waals surface area contributed by atoms with Crippen molar-refractivity contribution in [3.05, 3.63) is 23.8 Å². The van der Waals surface area contributed by atoms with Crippen LogP contribution in [0.25, 0.3) is 0 Å². The summed E-state index contributed by atoms with van der Waals surface area (Å²) in [5.74, 6) is 0.844. The van der Waals surface area contributed by atoms with E-state index in [0.29, 0.717) is 11.3 Å². The Morgan fingerprint density at radius 3 is 2.71 bits per heavy atom. The molecule has 1 aromatic carbocycles. The van der Waals surface area contributed by atoms with Crippen molar-refractivity contribution in [1.82, 2.24) is 0 Å². The van der Waals surface area contributed by atoms with Crippen molar-refractivity contribution in [3.8, 4) is 6.07 Å². The maximum Gasteiger partial charge on any atom is 0.255 e. The monoisotopic (exact) mass is 256 g/mol. The molecule has 0 radical (unpaired) electrons. The normalized spacial score (nSPS) is 10.4. The van der Waals surface area contributed by atoms with Crippen molar-refractivity contribution in [1.29, 1.82) is 5.26 Å². The van der Waals surface area contributed by atoms with Gasteiger partial charge in [0.1, 0.15) is 6.07 Å². The topological polar surface area (TPSA) is 27.0 Å². The van der Waals surface area contributed by atoms with Crippen LogP contribution in [0.4, 0.5) is 14.5 Å². The average Bonchev–Trinajstić information content (AvgIpc) is 2.28. The first kappa shape index (κ1) is 13.8. The number of anilines is 1. The SMILES string of the molecule is CCSc1cccc(N(C)CC(F)F)c1C#N. The van der Waals surface area contributed by atoms with Gasteiger partial charge in [-0.05, 0) is 17.9 Å². The minimum absolute atomic E-state index is 0.366. The van der Waals surface area contributed by atoms with Gasteiger partial charge in [0, 0.05) is 11.9 Å². The van der Waals surface area contributed by atoms with Crippen LogP contribution in [0.5, 0.6) is 0 Å². The van der Waals surface area contributed by atoms with Crippen molar-refractivity contribution in [3.63, 3.8) is 0 Å². The van der Waals surface area contributed by atoms with Gasteiger partial charge in [-0.25, -0.2) is 8.78 Å². The maximum absolute atomic E-state index is 12.3. The number of benzene rings is 1. The van der Waals surface area contributed by atoms with Crippen molar-refractivity contribution in [2.24, 2.45) is 0 Å². The van der Waals surface area contributed by atoms with Gasteiger partial charge in [0.05, 0.1) is 17.8 Å². The third-order valence-corrected chi connectivity index (χ3v) is 3.18. The second-order valence-corrected chi connectivity index (χ2v) is 4.77. The van der Waals surface area contributed by atoms with E-state index in [0.717, 1.165) is 10.6 Å². The van der Waals surface area contributed by atoms with Gasteiger partial charge in [-0.15, -0.1) is 11.8 Å². The average molecular weight is 256 g/mol. The number of halogens is 2. The van der Waals surface area contributed by atoms with Gasteiger partial charge in [-0.1, -0.05) is 13.0 Å². The maximum atomic E-state index is 12.3. The zero-order valence-electron chi connectivity index (χ0n) is 9.78. The van der Waals surface area contributed by atoms with E-state index in [2.05, 4.69) is 6.07 Å². The Morgan fingerprint density at radius 1 is 1.47 bits per heavy atom. The molecule has 0 aliphatic rings. The predicted molar refractivity (Wildman–Crippen MR) is 66.8 cm³/mol. The zero-order chi connectivity index (χ0) is 12.8. The summed E-state index contributed by atoms with van der Waals surface area (Å²) in [6.45, 7) is 1.62. The summed E-state index contributed by atoms with van der Waals surface area (Å²) >= 11 is 1.54. The molecular weight excluding hydrogens is 242 g/mol. The van der Waals surface area contributed by atoms with Crippen LogP contribution in [0.2, 0.25) is 0 Å². The first-order valence-corrected chi connectivity index (χ1v) is 6.23. The summed E-state index contributed by atoms with van der Waals surface area (Å²) in [5, 5.41) is 9.13. The van der Waals surface area contributed by atoms with Crippen LogP contribution >= 0.6 is 11.8 Å². The highest BCUT2D eigenvalue weighted by atomic mass is 32.2. The lowest BCUT2D eigenvalue weighted by Gasteiger charge is -2.21. The van der Waals surface area contributed by atoms with E-state index >= 15 is 0 Å². The number of thioether (sulfide) groups is 1. The third kappa shape index (κ3) is 3.60. The van der Waals surface area contributed by atoms with E-state index in [1.165, 1.54) is 4.90 Å². The lowest BCUT2D eigenvalue weighted by molar-refractivity contribution is 0.156. The van der Waals surface area contributed by atoms with Gasteiger partial charge in [0.25, 0.3) is 6.43 Å². The highest BCUT2D eigenvalue weighted by Gasteiger charge is 2.14. The zero-order valence-corrected chi connectivity index (χ0v) is 10.6. The summed E-state index contributed by atoms with van der Waals surface area (Å²) in [7, 11) is 1.57. The lowest BCUT2D eigenvalue weighted by atomic mass is 10.2. The van der Waals surface area contributed by atoms with Gasteiger partial charge in [-0.3, -0.25) is 0 Å². The molecule has 0 bridgehead atoms. The molecule has 2 nitrogen and oxygen atoms in total. The Hall–Kier alpha value is -1.28. The number of nitriles is 1. The van der Waals surface area contributed by atoms with Crippen LogP contribution in [0.1, 0.15) is 12.5 Å². The summed E-state index contributed by atoms with van der Waals surface area (Å²) in [5.41, 5.74) is 1.04. The van der Waals surface area contributed by atoms with Gasteiger partial charge in [-0.2, -0.15) is 5.26 Å². The molecule has 1 rings (SSSR count). The molecule has 92 valence electrons. The quantitative estimate of drug-likeness (QED) is 0.756. The molecule has 0 N–H and O–H groups in total. The molecule has 5 heteroatoms. The fourth-order valence-corrected chi connectivity index (χ4v) is 2.31. The minimum atomic E-state index is -2.41. The highest BCUT2D eigenvalue weighted by Crippen LogP contribution is 2.29. The van der Waals surface area contributed by atoms with Gasteiger partial charge < -0.3 is 4.90 Å². The Bertz CT molecular complexity index is 415. The van der Waals surface area contributed by atoms with Gasteiger partial charge >= 0.3 is 0 Å². The molecule has 0 aliphatic carbocycles. The molecule has 17 heavy (non-hydrogen) atoms. The van der Waals surface area contributed by atoms with E-state index in [4.69, 9.17) is 5.26 Å². The molecule has 0 aromatic heterocycles. The molecule has 0 atom stereocenters. The smallest absolute Gasteiger partial charge is 0.255 e. The van der Waals surface area contributed by atoms with Crippen LogP contribution < -0.4 is 4.90 Å². The number of hydrogen-bond acceptors (Lipinski definition) is 3. The van der Waals surface area contributed by atoms with Crippen molar-refractivity contribution >= 4 is 17.4 Å². The first-order valence-electron chi connectivity index (χ1n) is 5.25. The van der Waals surface area contributed by atoms with E-state index < -0.39 is 6.43 Å². The number of nitrogens with zero attached hydrogens (tertiary/aromatic N) is 2. The second kappa shape index (κ2) is 6.45. The van der Waals surface area contributed by atoms with Crippen LogP contribution in [0, 0.1) is 11.3 Å². The van der Waals surface area contributed by atoms with Crippen molar-refractivity contribution < 1.29 is 8.78 Å². The number of rotatable bonds is 5. The molecule has 1 aromatic rings. The van der Waals surface area contributed by atoms with Crippen LogP contribution in [0.3, 0.4) is 0 Å². The van der Waals surface area contributed by atoms with E-state index in [1.54, 1.807) is 30.9 Å². The Labute approximate surface area is 104 Å². The Morgan fingerprint density at radius 2 is 2.18 bits per heavy atom. The molecular formula is C12H14F2N2S. The molecule has 0 spiro atoms. The third-order valence-electron chi connectivity index (χ3n) is 2.24. The molecule has 0 aliphatic heterocycles. The Kier molecular flexibility index (Phi) is 5.23. The highest BCUT2D eigenvalue weighted by molar-refractivity contribution is 7.99. The van der Waals surface area contributed by atoms with E-state index in [-0.39, 0.29) is 6.54 Å². The van der Waals surface area contributed by atoms with Gasteiger partial charge in [0.2, 0.25) is 0 Å². The van der Waals surface area contributed by atoms with Crippen LogP contribution in [0.15, 0.2) is 23.1 Å².